The van der Waals surface area contributed by atoms with Crippen LogP contribution in [0.15, 0.2) is 97.2 Å². The predicted octanol–water partition coefficient (Wildman–Crippen LogP) is 11.0. The molecule has 0 aliphatic heterocycles. The fourth-order valence-corrected chi connectivity index (χ4v) is 5.03. The molecule has 0 aromatic carbocycles. The summed E-state index contributed by atoms with van der Waals surface area (Å²) in [6.07, 6.45) is 46.9. The first-order valence-corrected chi connectivity index (χ1v) is 21.0. The number of carbonyl (C=O) groups excluding carboxylic acids is 3. The number of phosphoric ester groups is 1. The van der Waals surface area contributed by atoms with E-state index in [0.717, 1.165) is 89.9 Å². The molecule has 0 bridgehead atoms. The monoisotopic (exact) mass is 758 g/mol. The van der Waals surface area contributed by atoms with E-state index in [0.29, 0.717) is 19.3 Å². The molecule has 10 heteroatoms. The Kier molecular flexibility index (Phi) is 34.6. The van der Waals surface area contributed by atoms with Crippen molar-refractivity contribution in [2.75, 3.05) is 13.2 Å². The lowest BCUT2D eigenvalue weighted by atomic mass is 10.1. The number of hydrogen-bond donors (Lipinski definition) is 2. The summed E-state index contributed by atoms with van der Waals surface area (Å²) >= 11 is 0. The zero-order valence-electron chi connectivity index (χ0n) is 32.4. The Morgan fingerprint density at radius 3 is 1.70 bits per heavy atom. The lowest BCUT2D eigenvalue weighted by molar-refractivity contribution is -0.161. The van der Waals surface area contributed by atoms with Crippen LogP contribution in [-0.2, 0) is 32.9 Å². The second-order valence-corrected chi connectivity index (χ2v) is 13.8. The number of ether oxygens (including phenoxy) is 2. The smallest absolute Gasteiger partial charge is 0.462 e. The normalized spacial score (nSPS) is 13.4. The quantitative estimate of drug-likeness (QED) is 0.0164. The van der Waals surface area contributed by atoms with E-state index in [1.807, 2.05) is 24.3 Å². The van der Waals surface area contributed by atoms with Crippen molar-refractivity contribution in [1.29, 1.82) is 0 Å². The molecular formula is C43H67O9P. The Labute approximate surface area is 320 Å². The molecule has 298 valence electrons. The van der Waals surface area contributed by atoms with Crippen LogP contribution in [-0.4, -0.2) is 46.8 Å². The maximum absolute atomic E-state index is 12.4. The highest BCUT2D eigenvalue weighted by molar-refractivity contribution is 7.46. The molecule has 0 spiro atoms. The Morgan fingerprint density at radius 1 is 0.566 bits per heavy atom. The second-order valence-electron chi connectivity index (χ2n) is 12.6. The topological polar surface area (TPSA) is 136 Å². The van der Waals surface area contributed by atoms with Gasteiger partial charge in [-0.3, -0.25) is 18.9 Å². The minimum Gasteiger partial charge on any atom is -0.462 e. The van der Waals surface area contributed by atoms with Crippen LogP contribution in [0.1, 0.15) is 136 Å². The summed E-state index contributed by atoms with van der Waals surface area (Å²) < 4.78 is 26.2. The van der Waals surface area contributed by atoms with E-state index in [-0.39, 0.29) is 25.2 Å². The SMILES string of the molecule is CC/C=C\C/C=C\C/C=C\C/C=C\C/C=C\C/C=C\CCC(=O)OC[C@H](COP(=O)(O)O)OC(=O)CCCCCCC/C=C\C=C\C(=O)CCCCC. The molecule has 53 heavy (non-hydrogen) atoms. The number of rotatable bonds is 34. The van der Waals surface area contributed by atoms with Crippen molar-refractivity contribution in [1.82, 2.24) is 0 Å². The van der Waals surface area contributed by atoms with Crippen molar-refractivity contribution in [2.45, 2.75) is 142 Å². The molecule has 0 aromatic rings. The molecule has 1 atom stereocenters. The van der Waals surface area contributed by atoms with Gasteiger partial charge in [-0.15, -0.1) is 0 Å². The second kappa shape index (κ2) is 37.0. The molecular weight excluding hydrogens is 691 g/mol. The maximum atomic E-state index is 12.4. The van der Waals surface area contributed by atoms with Gasteiger partial charge in [0.05, 0.1) is 6.61 Å². The summed E-state index contributed by atoms with van der Waals surface area (Å²) in [5.74, 6) is -0.892. The van der Waals surface area contributed by atoms with E-state index < -0.39 is 32.5 Å². The van der Waals surface area contributed by atoms with Gasteiger partial charge in [-0.25, -0.2) is 4.57 Å². The molecule has 2 N–H and O–H groups in total. The highest BCUT2D eigenvalue weighted by Crippen LogP contribution is 2.35. The van der Waals surface area contributed by atoms with Crippen LogP contribution in [0.5, 0.6) is 0 Å². The number of allylic oxidation sites excluding steroid dienone is 16. The summed E-state index contributed by atoms with van der Waals surface area (Å²) in [6.45, 7) is 3.30. The summed E-state index contributed by atoms with van der Waals surface area (Å²) in [4.78, 5) is 54.4. The van der Waals surface area contributed by atoms with E-state index in [4.69, 9.17) is 19.3 Å². The van der Waals surface area contributed by atoms with Crippen LogP contribution in [0.4, 0.5) is 0 Å². The van der Waals surface area contributed by atoms with E-state index in [1.165, 1.54) is 0 Å². The number of phosphoric acid groups is 1. The highest BCUT2D eigenvalue weighted by atomic mass is 31.2. The first-order chi connectivity index (χ1) is 25.7. The third kappa shape index (κ3) is 39.7. The van der Waals surface area contributed by atoms with Crippen molar-refractivity contribution in [2.24, 2.45) is 0 Å². The molecule has 0 aliphatic carbocycles. The molecule has 0 unspecified atom stereocenters. The minimum absolute atomic E-state index is 0.119. The number of esters is 2. The number of carbonyl (C=O) groups is 3. The van der Waals surface area contributed by atoms with Crippen LogP contribution < -0.4 is 0 Å². The molecule has 0 rings (SSSR count). The standard InChI is InChI=1S/C43H67O9P/c1-3-5-7-8-9-10-11-12-13-14-15-16-17-18-19-22-25-28-32-36-42(45)50-38-41(39-51-53(47,48)49)52-43(46)37-33-29-26-23-20-21-24-27-31-35-40(44)34-30-6-4-2/h5,7,9-10,12-13,15-16,18-19,24-25,27-28,31,35,41H,3-4,6,8,11,14,17,20-23,26,29-30,32-34,36-39H2,1-2H3,(H2,47,48,49)/b7-5-,10-9-,13-12-,16-15-,19-18-,27-24-,28-25-,35-31+/t41-/m1/s1. The molecule has 0 saturated heterocycles. The Hall–Kier alpha value is -3.36. The predicted molar refractivity (Wildman–Crippen MR) is 216 cm³/mol. The van der Waals surface area contributed by atoms with E-state index in [1.54, 1.807) is 12.2 Å². The van der Waals surface area contributed by atoms with Gasteiger partial charge in [-0.05, 0) is 76.7 Å². The minimum atomic E-state index is -4.80. The molecule has 0 aliphatic rings. The van der Waals surface area contributed by atoms with Crippen LogP contribution in [0.25, 0.3) is 0 Å². The summed E-state index contributed by atoms with van der Waals surface area (Å²) in [7, 11) is -4.80. The zero-order chi connectivity index (χ0) is 39.1. The van der Waals surface area contributed by atoms with Gasteiger partial charge in [0.25, 0.3) is 0 Å². The Balaban J connectivity index is 4.18. The van der Waals surface area contributed by atoms with E-state index >= 15 is 0 Å². The van der Waals surface area contributed by atoms with Crippen LogP contribution in [0.3, 0.4) is 0 Å². The van der Waals surface area contributed by atoms with E-state index in [2.05, 4.69) is 79.1 Å². The number of unbranched alkanes of at least 4 members (excludes halogenated alkanes) is 7. The lowest BCUT2D eigenvalue weighted by Crippen LogP contribution is -2.29. The van der Waals surface area contributed by atoms with Gasteiger partial charge < -0.3 is 19.3 Å². The molecule has 9 nitrogen and oxygen atoms in total. The molecule has 0 saturated carbocycles. The van der Waals surface area contributed by atoms with Crippen molar-refractivity contribution in [3.63, 3.8) is 0 Å². The van der Waals surface area contributed by atoms with Crippen LogP contribution in [0, 0.1) is 0 Å². The van der Waals surface area contributed by atoms with Crippen molar-refractivity contribution >= 4 is 25.5 Å². The molecule has 0 aromatic heterocycles. The van der Waals surface area contributed by atoms with Crippen molar-refractivity contribution < 1.29 is 42.7 Å². The third-order valence-corrected chi connectivity index (χ3v) is 8.06. The van der Waals surface area contributed by atoms with Gasteiger partial charge in [0.2, 0.25) is 0 Å². The number of hydrogen-bond acceptors (Lipinski definition) is 7. The Bertz CT molecular complexity index is 1230. The van der Waals surface area contributed by atoms with Gasteiger partial charge in [0.15, 0.2) is 11.9 Å². The first-order valence-electron chi connectivity index (χ1n) is 19.5. The summed E-state index contributed by atoms with van der Waals surface area (Å²) in [6, 6.07) is 0. The molecule has 0 heterocycles. The highest BCUT2D eigenvalue weighted by Gasteiger charge is 2.22. The molecule has 0 fully saturated rings. The molecule has 0 radical (unpaired) electrons. The van der Waals surface area contributed by atoms with E-state index in [9.17, 15) is 18.9 Å². The van der Waals surface area contributed by atoms with Gasteiger partial charge >= 0.3 is 19.8 Å². The largest absolute Gasteiger partial charge is 0.469 e. The fraction of sp³-hybridized carbons (Fsp3) is 0.558. The molecule has 0 amide bonds. The van der Waals surface area contributed by atoms with Gasteiger partial charge in [0.1, 0.15) is 6.61 Å². The number of ketones is 1. The summed E-state index contributed by atoms with van der Waals surface area (Å²) in [5, 5.41) is 0. The fourth-order valence-electron chi connectivity index (χ4n) is 4.67. The lowest BCUT2D eigenvalue weighted by Gasteiger charge is -2.18. The van der Waals surface area contributed by atoms with Crippen molar-refractivity contribution in [3.8, 4) is 0 Å². The average molecular weight is 759 g/mol. The van der Waals surface area contributed by atoms with Gasteiger partial charge in [-0.1, -0.05) is 137 Å². The van der Waals surface area contributed by atoms with Crippen LogP contribution >= 0.6 is 7.82 Å². The first kappa shape index (κ1) is 49.6. The zero-order valence-corrected chi connectivity index (χ0v) is 33.3. The van der Waals surface area contributed by atoms with Crippen LogP contribution in [0.2, 0.25) is 0 Å². The Morgan fingerprint density at radius 2 is 1.11 bits per heavy atom. The maximum Gasteiger partial charge on any atom is 0.469 e. The van der Waals surface area contributed by atoms with Gasteiger partial charge in [0, 0.05) is 19.3 Å². The van der Waals surface area contributed by atoms with Gasteiger partial charge in [-0.2, -0.15) is 0 Å². The summed E-state index contributed by atoms with van der Waals surface area (Å²) in [5.41, 5.74) is 0. The average Bonchev–Trinajstić information content (AvgIpc) is 3.12. The third-order valence-electron chi connectivity index (χ3n) is 7.58. The van der Waals surface area contributed by atoms with Crippen molar-refractivity contribution in [3.05, 3.63) is 97.2 Å².